The average molecular weight is 226 g/mol. The second kappa shape index (κ2) is 9.00. The van der Waals surface area contributed by atoms with Gasteiger partial charge in [-0.25, -0.2) is 0 Å². The number of hydrogen-bond acceptors (Lipinski definition) is 2. The van der Waals surface area contributed by atoms with Gasteiger partial charge in [-0.2, -0.15) is 0 Å². The molecule has 0 spiro atoms. The molecule has 0 saturated carbocycles. The lowest BCUT2D eigenvalue weighted by molar-refractivity contribution is 0.311. The molecule has 0 N–H and O–H groups in total. The largest absolute Gasteiger partial charge is 0.306 e. The summed E-state index contributed by atoms with van der Waals surface area (Å²) in [6.45, 7) is 8.88. The lowest BCUT2D eigenvalue weighted by Crippen LogP contribution is -2.21. The molecule has 0 bridgehead atoms. The molecule has 0 aromatic rings. The summed E-state index contributed by atoms with van der Waals surface area (Å²) in [7, 11) is 2.24. The zero-order chi connectivity index (χ0) is 11.6. The molecule has 16 heavy (non-hydrogen) atoms. The van der Waals surface area contributed by atoms with Gasteiger partial charge in [0.1, 0.15) is 0 Å². The first-order valence-corrected chi connectivity index (χ1v) is 7.24. The Labute approximate surface area is 102 Å². The van der Waals surface area contributed by atoms with Gasteiger partial charge in [0.15, 0.2) is 0 Å². The molecular weight excluding hydrogens is 196 g/mol. The minimum atomic E-state index is 1.26. The molecule has 1 heterocycles. The molecule has 96 valence electrons. The molecule has 1 aliphatic rings. The number of nitrogens with zero attached hydrogens (tertiary/aromatic N) is 2. The van der Waals surface area contributed by atoms with Gasteiger partial charge in [-0.15, -0.1) is 0 Å². The minimum absolute atomic E-state index is 1.26. The van der Waals surface area contributed by atoms with Crippen LogP contribution in [0.15, 0.2) is 0 Å². The van der Waals surface area contributed by atoms with E-state index in [1.807, 2.05) is 0 Å². The fourth-order valence-electron chi connectivity index (χ4n) is 2.57. The average Bonchev–Trinajstić information content (AvgIpc) is 2.76. The summed E-state index contributed by atoms with van der Waals surface area (Å²) in [5, 5.41) is 0. The quantitative estimate of drug-likeness (QED) is 0.558. The minimum Gasteiger partial charge on any atom is -0.306 e. The van der Waals surface area contributed by atoms with E-state index >= 15 is 0 Å². The van der Waals surface area contributed by atoms with Crippen molar-refractivity contribution in [1.29, 1.82) is 0 Å². The van der Waals surface area contributed by atoms with Gasteiger partial charge in [0, 0.05) is 0 Å². The van der Waals surface area contributed by atoms with Crippen molar-refractivity contribution in [3.63, 3.8) is 0 Å². The van der Waals surface area contributed by atoms with Crippen molar-refractivity contribution in [1.82, 2.24) is 9.80 Å². The van der Waals surface area contributed by atoms with E-state index in [2.05, 4.69) is 23.8 Å². The molecule has 0 aromatic heterocycles. The van der Waals surface area contributed by atoms with Gasteiger partial charge in [-0.05, 0) is 71.9 Å². The third kappa shape index (κ3) is 6.49. The molecule has 0 aliphatic carbocycles. The van der Waals surface area contributed by atoms with Crippen LogP contribution in [-0.4, -0.2) is 49.6 Å². The Kier molecular flexibility index (Phi) is 7.87. The first-order valence-electron chi connectivity index (χ1n) is 7.24. The topological polar surface area (TPSA) is 6.48 Å². The highest BCUT2D eigenvalue weighted by atomic mass is 15.1. The summed E-state index contributed by atoms with van der Waals surface area (Å²) in [5.41, 5.74) is 0. The molecule has 0 atom stereocenters. The van der Waals surface area contributed by atoms with E-state index in [1.165, 1.54) is 77.7 Å². The Balaban J connectivity index is 1.80. The highest BCUT2D eigenvalue weighted by Crippen LogP contribution is 2.09. The monoisotopic (exact) mass is 226 g/mol. The van der Waals surface area contributed by atoms with Gasteiger partial charge < -0.3 is 9.80 Å². The first kappa shape index (κ1) is 14.0. The molecule has 0 aromatic carbocycles. The van der Waals surface area contributed by atoms with Crippen molar-refractivity contribution in [3.05, 3.63) is 0 Å². The van der Waals surface area contributed by atoms with Crippen molar-refractivity contribution < 1.29 is 0 Å². The van der Waals surface area contributed by atoms with Crippen LogP contribution in [0.3, 0.4) is 0 Å². The Morgan fingerprint density at radius 3 is 2.31 bits per heavy atom. The van der Waals surface area contributed by atoms with E-state index in [4.69, 9.17) is 0 Å². The Bertz CT molecular complexity index is 153. The maximum atomic E-state index is 2.63. The van der Waals surface area contributed by atoms with Crippen molar-refractivity contribution in [2.75, 3.05) is 39.8 Å². The second-order valence-corrected chi connectivity index (χ2v) is 5.27. The summed E-state index contributed by atoms with van der Waals surface area (Å²) >= 11 is 0. The van der Waals surface area contributed by atoms with Crippen LogP contribution in [0.1, 0.15) is 51.9 Å². The van der Waals surface area contributed by atoms with Gasteiger partial charge in [0.2, 0.25) is 0 Å². The third-order valence-corrected chi connectivity index (χ3v) is 3.57. The van der Waals surface area contributed by atoms with E-state index in [0.717, 1.165) is 0 Å². The molecule has 0 amide bonds. The summed E-state index contributed by atoms with van der Waals surface area (Å²) in [6.07, 6.45) is 9.79. The normalized spacial score (nSPS) is 17.4. The number of hydrogen-bond donors (Lipinski definition) is 0. The van der Waals surface area contributed by atoms with Gasteiger partial charge in [-0.1, -0.05) is 19.8 Å². The Morgan fingerprint density at radius 1 is 0.938 bits per heavy atom. The van der Waals surface area contributed by atoms with Crippen LogP contribution in [0.2, 0.25) is 0 Å². The van der Waals surface area contributed by atoms with Crippen LogP contribution >= 0.6 is 0 Å². The smallest absolute Gasteiger partial charge is 0.00183 e. The SMILES string of the molecule is CCCN(C)CCCCCCN1CCCC1. The molecule has 1 saturated heterocycles. The van der Waals surface area contributed by atoms with E-state index in [9.17, 15) is 0 Å². The van der Waals surface area contributed by atoms with Gasteiger partial charge >= 0.3 is 0 Å². The fraction of sp³-hybridized carbons (Fsp3) is 1.00. The van der Waals surface area contributed by atoms with Crippen molar-refractivity contribution in [3.8, 4) is 0 Å². The fourth-order valence-corrected chi connectivity index (χ4v) is 2.57. The standard InChI is InChI=1S/C14H30N2/c1-3-10-15(2)11-6-4-5-7-12-16-13-8-9-14-16/h3-14H2,1-2H3. The summed E-state index contributed by atoms with van der Waals surface area (Å²) in [4.78, 5) is 5.09. The Morgan fingerprint density at radius 2 is 1.62 bits per heavy atom. The van der Waals surface area contributed by atoms with Crippen molar-refractivity contribution >= 4 is 0 Å². The van der Waals surface area contributed by atoms with Gasteiger partial charge in [-0.3, -0.25) is 0 Å². The molecular formula is C14H30N2. The summed E-state index contributed by atoms with van der Waals surface area (Å²) < 4.78 is 0. The molecule has 0 radical (unpaired) electrons. The maximum Gasteiger partial charge on any atom is -0.00183 e. The van der Waals surface area contributed by atoms with E-state index in [0.29, 0.717) is 0 Å². The number of unbranched alkanes of at least 4 members (excludes halogenated alkanes) is 3. The van der Waals surface area contributed by atoms with Crippen LogP contribution < -0.4 is 0 Å². The summed E-state index contributed by atoms with van der Waals surface area (Å²) in [5.74, 6) is 0. The third-order valence-electron chi connectivity index (χ3n) is 3.57. The van der Waals surface area contributed by atoms with Gasteiger partial charge in [0.05, 0.1) is 0 Å². The van der Waals surface area contributed by atoms with E-state index < -0.39 is 0 Å². The van der Waals surface area contributed by atoms with Gasteiger partial charge in [0.25, 0.3) is 0 Å². The number of rotatable bonds is 9. The van der Waals surface area contributed by atoms with Crippen molar-refractivity contribution in [2.24, 2.45) is 0 Å². The number of likely N-dealkylation sites (tertiary alicyclic amines) is 1. The predicted octanol–water partition coefficient (Wildman–Crippen LogP) is 2.98. The van der Waals surface area contributed by atoms with Crippen LogP contribution in [0.25, 0.3) is 0 Å². The van der Waals surface area contributed by atoms with Crippen LogP contribution in [0.4, 0.5) is 0 Å². The highest BCUT2D eigenvalue weighted by Gasteiger charge is 2.09. The molecule has 2 heteroatoms. The molecule has 2 nitrogen and oxygen atoms in total. The van der Waals surface area contributed by atoms with E-state index in [1.54, 1.807) is 0 Å². The molecule has 1 rings (SSSR count). The predicted molar refractivity (Wildman–Crippen MR) is 71.9 cm³/mol. The lowest BCUT2D eigenvalue weighted by Gasteiger charge is -2.16. The van der Waals surface area contributed by atoms with Crippen LogP contribution in [0.5, 0.6) is 0 Å². The highest BCUT2D eigenvalue weighted by molar-refractivity contribution is 4.65. The molecule has 0 unspecified atom stereocenters. The molecule has 1 aliphatic heterocycles. The zero-order valence-corrected chi connectivity index (χ0v) is 11.4. The first-order chi connectivity index (χ1) is 7.83. The van der Waals surface area contributed by atoms with Crippen LogP contribution in [0, 0.1) is 0 Å². The summed E-state index contributed by atoms with van der Waals surface area (Å²) in [6, 6.07) is 0. The lowest BCUT2D eigenvalue weighted by atomic mass is 10.2. The maximum absolute atomic E-state index is 2.63. The second-order valence-electron chi connectivity index (χ2n) is 5.27. The van der Waals surface area contributed by atoms with Crippen molar-refractivity contribution in [2.45, 2.75) is 51.9 Å². The Hall–Kier alpha value is -0.0800. The molecule has 1 fully saturated rings. The van der Waals surface area contributed by atoms with E-state index in [-0.39, 0.29) is 0 Å². The van der Waals surface area contributed by atoms with Crippen LogP contribution in [-0.2, 0) is 0 Å². The zero-order valence-electron chi connectivity index (χ0n) is 11.4.